The van der Waals surface area contributed by atoms with Crippen LogP contribution in [0.15, 0.2) is 49.1 Å². The van der Waals surface area contributed by atoms with Crippen LogP contribution in [0.2, 0.25) is 0 Å². The Labute approximate surface area is 175 Å². The molecule has 154 valence electrons. The van der Waals surface area contributed by atoms with Crippen LogP contribution < -0.4 is 10.2 Å². The average Bonchev–Trinajstić information content (AvgIpc) is 3.37. The number of aryl methyl sites for hydroxylation is 2. The fourth-order valence-electron chi connectivity index (χ4n) is 3.58. The predicted molar refractivity (Wildman–Crippen MR) is 113 cm³/mol. The van der Waals surface area contributed by atoms with E-state index in [-0.39, 0.29) is 24.2 Å². The third kappa shape index (κ3) is 4.07. The average molecular weight is 404 g/mol. The number of nitrogens with one attached hydrogen (secondary N) is 1. The van der Waals surface area contributed by atoms with Crippen molar-refractivity contribution in [1.82, 2.24) is 24.8 Å². The van der Waals surface area contributed by atoms with E-state index < -0.39 is 0 Å². The monoisotopic (exact) mass is 404 g/mol. The number of nitrogens with zero attached hydrogens (tertiary/aromatic N) is 5. The quantitative estimate of drug-likeness (QED) is 0.679. The standard InChI is InChI=1S/C22H24N6O2/c1-15-4-5-18(12-16(15)2)28-14-17(13-19(28)29)22(30)26-9-11-27-10-8-25-21(27)20-23-6-3-7-24-20/h3-8,10,12,17H,9,11,13-14H2,1-2H3,(H,26,30)/t17-/m1/s1. The molecule has 1 aromatic carbocycles. The second-order valence-corrected chi connectivity index (χ2v) is 7.48. The Morgan fingerprint density at radius 1 is 1.13 bits per heavy atom. The molecular weight excluding hydrogens is 380 g/mol. The summed E-state index contributed by atoms with van der Waals surface area (Å²) < 4.78 is 1.90. The molecule has 3 aromatic rings. The van der Waals surface area contributed by atoms with Crippen LogP contribution in [-0.2, 0) is 16.1 Å². The number of carbonyl (C=O) groups is 2. The van der Waals surface area contributed by atoms with E-state index in [2.05, 4.69) is 20.3 Å². The van der Waals surface area contributed by atoms with Gasteiger partial charge >= 0.3 is 0 Å². The van der Waals surface area contributed by atoms with Crippen LogP contribution in [0, 0.1) is 19.8 Å². The van der Waals surface area contributed by atoms with Gasteiger partial charge in [-0.2, -0.15) is 0 Å². The van der Waals surface area contributed by atoms with Crippen molar-refractivity contribution in [3.8, 4) is 11.6 Å². The van der Waals surface area contributed by atoms with E-state index in [1.54, 1.807) is 29.6 Å². The molecule has 30 heavy (non-hydrogen) atoms. The smallest absolute Gasteiger partial charge is 0.227 e. The first-order valence-corrected chi connectivity index (χ1v) is 9.97. The van der Waals surface area contributed by atoms with Crippen LogP contribution in [0.25, 0.3) is 11.6 Å². The molecule has 0 aliphatic carbocycles. The Bertz CT molecular complexity index is 1060. The number of hydrogen-bond donors (Lipinski definition) is 1. The van der Waals surface area contributed by atoms with Gasteiger partial charge in [0.05, 0.1) is 5.92 Å². The number of aromatic nitrogens is 4. The van der Waals surface area contributed by atoms with Crippen molar-refractivity contribution in [2.75, 3.05) is 18.0 Å². The van der Waals surface area contributed by atoms with Gasteiger partial charge in [0.2, 0.25) is 11.8 Å². The Balaban J connectivity index is 1.34. The van der Waals surface area contributed by atoms with Crippen molar-refractivity contribution in [2.45, 2.75) is 26.8 Å². The van der Waals surface area contributed by atoms with Gasteiger partial charge < -0.3 is 14.8 Å². The molecule has 1 N–H and O–H groups in total. The van der Waals surface area contributed by atoms with Crippen LogP contribution in [0.3, 0.4) is 0 Å². The lowest BCUT2D eigenvalue weighted by molar-refractivity contribution is -0.126. The normalized spacial score (nSPS) is 16.1. The number of hydrogen-bond acceptors (Lipinski definition) is 5. The minimum atomic E-state index is -0.348. The summed E-state index contributed by atoms with van der Waals surface area (Å²) in [5, 5.41) is 2.95. The van der Waals surface area contributed by atoms with E-state index in [1.807, 2.05) is 42.8 Å². The molecule has 8 heteroatoms. The van der Waals surface area contributed by atoms with E-state index >= 15 is 0 Å². The van der Waals surface area contributed by atoms with Crippen molar-refractivity contribution in [2.24, 2.45) is 5.92 Å². The van der Waals surface area contributed by atoms with Crippen LogP contribution in [0.1, 0.15) is 17.5 Å². The molecule has 1 atom stereocenters. The van der Waals surface area contributed by atoms with Gasteiger partial charge in [0.15, 0.2) is 11.6 Å². The number of anilines is 1. The molecule has 0 unspecified atom stereocenters. The van der Waals surface area contributed by atoms with E-state index in [1.165, 1.54) is 5.56 Å². The number of rotatable bonds is 6. The number of imidazole rings is 1. The molecule has 3 heterocycles. The molecular formula is C22H24N6O2. The molecule has 4 rings (SSSR count). The van der Waals surface area contributed by atoms with Gasteiger partial charge in [-0.1, -0.05) is 6.07 Å². The van der Waals surface area contributed by atoms with Crippen molar-refractivity contribution < 1.29 is 9.59 Å². The summed E-state index contributed by atoms with van der Waals surface area (Å²) in [6.07, 6.45) is 7.08. The zero-order valence-electron chi connectivity index (χ0n) is 17.1. The molecule has 0 spiro atoms. The Morgan fingerprint density at radius 3 is 2.70 bits per heavy atom. The van der Waals surface area contributed by atoms with Crippen molar-refractivity contribution >= 4 is 17.5 Å². The molecule has 1 aliphatic heterocycles. The van der Waals surface area contributed by atoms with Gasteiger partial charge in [-0.05, 0) is 43.2 Å². The Morgan fingerprint density at radius 2 is 1.93 bits per heavy atom. The van der Waals surface area contributed by atoms with Crippen LogP contribution in [0.5, 0.6) is 0 Å². The molecule has 1 aliphatic rings. The number of carbonyl (C=O) groups excluding carboxylic acids is 2. The SMILES string of the molecule is Cc1ccc(N2C[C@H](C(=O)NCCn3ccnc3-c3ncccn3)CC2=O)cc1C. The van der Waals surface area contributed by atoms with Crippen molar-refractivity contribution in [1.29, 1.82) is 0 Å². The van der Waals surface area contributed by atoms with Gasteiger partial charge in [-0.3, -0.25) is 9.59 Å². The summed E-state index contributed by atoms with van der Waals surface area (Å²) in [6.45, 7) is 5.44. The predicted octanol–water partition coefficient (Wildman–Crippen LogP) is 2.13. The molecule has 1 saturated heterocycles. The van der Waals surface area contributed by atoms with Gasteiger partial charge in [-0.15, -0.1) is 0 Å². The molecule has 8 nitrogen and oxygen atoms in total. The van der Waals surface area contributed by atoms with E-state index in [0.29, 0.717) is 31.3 Å². The Hall–Kier alpha value is -3.55. The summed E-state index contributed by atoms with van der Waals surface area (Å²) in [5.41, 5.74) is 3.16. The summed E-state index contributed by atoms with van der Waals surface area (Å²) in [6, 6.07) is 7.69. The summed E-state index contributed by atoms with van der Waals surface area (Å²) >= 11 is 0. The molecule has 0 saturated carbocycles. The fraction of sp³-hybridized carbons (Fsp3) is 0.318. The number of benzene rings is 1. The Kier molecular flexibility index (Phi) is 5.56. The van der Waals surface area contributed by atoms with Crippen LogP contribution >= 0.6 is 0 Å². The molecule has 1 fully saturated rings. The number of amides is 2. The zero-order valence-corrected chi connectivity index (χ0v) is 17.1. The van der Waals surface area contributed by atoms with Gasteiger partial charge in [0.25, 0.3) is 0 Å². The van der Waals surface area contributed by atoms with E-state index in [4.69, 9.17) is 0 Å². The summed E-state index contributed by atoms with van der Waals surface area (Å²) in [5.74, 6) is 0.726. The largest absolute Gasteiger partial charge is 0.354 e. The van der Waals surface area contributed by atoms with E-state index in [9.17, 15) is 9.59 Å². The maximum Gasteiger partial charge on any atom is 0.227 e. The molecule has 0 bridgehead atoms. The van der Waals surface area contributed by atoms with E-state index in [0.717, 1.165) is 11.3 Å². The van der Waals surface area contributed by atoms with Gasteiger partial charge in [-0.25, -0.2) is 15.0 Å². The summed E-state index contributed by atoms with van der Waals surface area (Å²) in [7, 11) is 0. The lowest BCUT2D eigenvalue weighted by Crippen LogP contribution is -2.34. The zero-order chi connectivity index (χ0) is 21.1. The van der Waals surface area contributed by atoms with Crippen LogP contribution in [0.4, 0.5) is 5.69 Å². The first kappa shape index (κ1) is 19.8. The highest BCUT2D eigenvalue weighted by Crippen LogP contribution is 2.27. The highest BCUT2D eigenvalue weighted by molar-refractivity contribution is 6.00. The van der Waals surface area contributed by atoms with Gasteiger partial charge in [0, 0.05) is 56.5 Å². The minimum Gasteiger partial charge on any atom is -0.354 e. The molecule has 2 amide bonds. The third-order valence-electron chi connectivity index (χ3n) is 5.43. The first-order valence-electron chi connectivity index (χ1n) is 9.97. The second kappa shape index (κ2) is 8.44. The maximum atomic E-state index is 12.6. The fourth-order valence-corrected chi connectivity index (χ4v) is 3.58. The molecule has 0 radical (unpaired) electrons. The first-order chi connectivity index (χ1) is 14.5. The van der Waals surface area contributed by atoms with Crippen LogP contribution in [-0.4, -0.2) is 44.4 Å². The van der Waals surface area contributed by atoms with Gasteiger partial charge in [0.1, 0.15) is 0 Å². The highest BCUT2D eigenvalue weighted by Gasteiger charge is 2.35. The maximum absolute atomic E-state index is 12.6. The topological polar surface area (TPSA) is 93.0 Å². The molecule has 2 aromatic heterocycles. The minimum absolute atomic E-state index is 0.0171. The highest BCUT2D eigenvalue weighted by atomic mass is 16.2. The lowest BCUT2D eigenvalue weighted by Gasteiger charge is -2.18. The lowest BCUT2D eigenvalue weighted by atomic mass is 10.1. The summed E-state index contributed by atoms with van der Waals surface area (Å²) in [4.78, 5) is 39.5. The second-order valence-electron chi connectivity index (χ2n) is 7.48. The van der Waals surface area contributed by atoms with Crippen molar-refractivity contribution in [3.63, 3.8) is 0 Å². The third-order valence-corrected chi connectivity index (χ3v) is 5.43. The van der Waals surface area contributed by atoms with Crippen molar-refractivity contribution in [3.05, 3.63) is 60.2 Å².